The third-order valence-corrected chi connectivity index (χ3v) is 6.13. The smallest absolute Gasteiger partial charge is 0.410 e. The molecule has 0 unspecified atom stereocenters. The average molecular weight is 462 g/mol. The summed E-state index contributed by atoms with van der Waals surface area (Å²) in [6.45, 7) is 13.2. The number of amides is 1. The zero-order chi connectivity index (χ0) is 24.9. The molecule has 184 valence electrons. The van der Waals surface area contributed by atoms with Gasteiger partial charge in [0.15, 0.2) is 0 Å². The van der Waals surface area contributed by atoms with Crippen LogP contribution in [0.2, 0.25) is 0 Å². The fourth-order valence-corrected chi connectivity index (χ4v) is 4.23. The van der Waals surface area contributed by atoms with Gasteiger partial charge in [-0.25, -0.2) is 4.79 Å². The molecule has 7 nitrogen and oxygen atoms in total. The summed E-state index contributed by atoms with van der Waals surface area (Å²) in [6.07, 6.45) is -0.531. The first-order valence-corrected chi connectivity index (χ1v) is 11.8. The summed E-state index contributed by atoms with van der Waals surface area (Å²) >= 11 is 0. The number of carboxylic acid groups (broad SMARTS) is 1. The van der Waals surface area contributed by atoms with E-state index in [4.69, 9.17) is 9.47 Å². The molecule has 4 atom stereocenters. The van der Waals surface area contributed by atoms with Gasteiger partial charge in [-0.3, -0.25) is 14.5 Å². The van der Waals surface area contributed by atoms with Crippen molar-refractivity contribution in [3.05, 3.63) is 35.9 Å². The van der Waals surface area contributed by atoms with Crippen LogP contribution in [0.1, 0.15) is 66.9 Å². The minimum Gasteiger partial charge on any atom is -0.481 e. The quantitative estimate of drug-likeness (QED) is 0.513. The Morgan fingerprint density at radius 3 is 2.21 bits per heavy atom. The highest BCUT2D eigenvalue weighted by Crippen LogP contribution is 2.35. The standard InChI is InChI=1S/C26H39NO6/c1-16(2)19(23(28)29)13-21(22-14-20(17(3)4)24(30)32-22)27(25(31)33-26(5,6)7)15-18-11-9-8-10-12-18/h8-12,16-17,19-22H,13-15H2,1-7H3,(H,28,29)/t19-,20-,21-,22+/m0/s1. The minimum atomic E-state index is -0.927. The van der Waals surface area contributed by atoms with E-state index in [0.29, 0.717) is 6.42 Å². The van der Waals surface area contributed by atoms with Gasteiger partial charge in [-0.2, -0.15) is 0 Å². The van der Waals surface area contributed by atoms with Crippen LogP contribution in [0.4, 0.5) is 4.79 Å². The van der Waals surface area contributed by atoms with Crippen LogP contribution in [0.3, 0.4) is 0 Å². The van der Waals surface area contributed by atoms with Crippen LogP contribution in [-0.4, -0.2) is 45.8 Å². The van der Waals surface area contributed by atoms with Gasteiger partial charge in [0.2, 0.25) is 0 Å². The van der Waals surface area contributed by atoms with Gasteiger partial charge in [-0.05, 0) is 51.0 Å². The van der Waals surface area contributed by atoms with Gasteiger partial charge in [-0.1, -0.05) is 58.0 Å². The molecule has 0 aromatic heterocycles. The second-order valence-corrected chi connectivity index (χ2v) is 10.6. The summed E-state index contributed by atoms with van der Waals surface area (Å²) in [7, 11) is 0. The summed E-state index contributed by atoms with van der Waals surface area (Å²) in [4.78, 5) is 39.6. The predicted molar refractivity (Wildman–Crippen MR) is 125 cm³/mol. The van der Waals surface area contributed by atoms with Crippen molar-refractivity contribution in [1.29, 1.82) is 0 Å². The first-order chi connectivity index (χ1) is 15.3. The fraction of sp³-hybridized carbons (Fsp3) is 0.654. The van der Waals surface area contributed by atoms with Crippen molar-refractivity contribution in [2.45, 2.75) is 85.6 Å². The molecular weight excluding hydrogens is 422 g/mol. The number of carbonyl (C=O) groups is 3. The van der Waals surface area contributed by atoms with Gasteiger partial charge in [0.1, 0.15) is 11.7 Å². The Hall–Kier alpha value is -2.57. The Kier molecular flexibility index (Phi) is 8.92. The molecule has 0 spiro atoms. The molecule has 0 bridgehead atoms. The van der Waals surface area contributed by atoms with E-state index in [1.54, 1.807) is 25.7 Å². The number of carboxylic acids is 1. The first-order valence-electron chi connectivity index (χ1n) is 11.8. The number of nitrogens with zero attached hydrogens (tertiary/aromatic N) is 1. The molecule has 0 aliphatic carbocycles. The van der Waals surface area contributed by atoms with Crippen molar-refractivity contribution in [2.24, 2.45) is 23.7 Å². The second kappa shape index (κ2) is 11.0. The summed E-state index contributed by atoms with van der Waals surface area (Å²) in [5, 5.41) is 9.88. The first kappa shape index (κ1) is 26.7. The number of esters is 1. The van der Waals surface area contributed by atoms with Crippen molar-refractivity contribution in [3.63, 3.8) is 0 Å². The molecule has 1 fully saturated rings. The minimum absolute atomic E-state index is 0.0904. The maximum Gasteiger partial charge on any atom is 0.410 e. The topological polar surface area (TPSA) is 93.1 Å². The lowest BCUT2D eigenvalue weighted by Gasteiger charge is -2.37. The van der Waals surface area contributed by atoms with Crippen LogP contribution in [-0.2, 0) is 25.6 Å². The molecule has 1 saturated heterocycles. The Labute approximate surface area is 197 Å². The van der Waals surface area contributed by atoms with E-state index in [1.807, 2.05) is 58.0 Å². The molecule has 1 amide bonds. The third-order valence-electron chi connectivity index (χ3n) is 6.13. The zero-order valence-electron chi connectivity index (χ0n) is 20.9. The number of benzene rings is 1. The van der Waals surface area contributed by atoms with Gasteiger partial charge in [0.05, 0.1) is 17.9 Å². The molecule has 1 aromatic carbocycles. The monoisotopic (exact) mass is 461 g/mol. The molecule has 7 heteroatoms. The van der Waals surface area contributed by atoms with E-state index in [2.05, 4.69) is 0 Å². The zero-order valence-corrected chi connectivity index (χ0v) is 20.9. The van der Waals surface area contributed by atoms with Crippen LogP contribution in [0.5, 0.6) is 0 Å². The molecule has 1 aromatic rings. The summed E-state index contributed by atoms with van der Waals surface area (Å²) < 4.78 is 11.5. The fourth-order valence-electron chi connectivity index (χ4n) is 4.23. The number of aliphatic carboxylic acids is 1. The van der Waals surface area contributed by atoms with E-state index in [-0.39, 0.29) is 36.7 Å². The van der Waals surface area contributed by atoms with Crippen LogP contribution in [0.15, 0.2) is 30.3 Å². The Morgan fingerprint density at radius 2 is 1.76 bits per heavy atom. The average Bonchev–Trinajstić information content (AvgIpc) is 3.08. The van der Waals surface area contributed by atoms with Crippen LogP contribution in [0, 0.1) is 23.7 Å². The molecule has 33 heavy (non-hydrogen) atoms. The molecule has 1 N–H and O–H groups in total. The van der Waals surface area contributed by atoms with Crippen LogP contribution >= 0.6 is 0 Å². The van der Waals surface area contributed by atoms with Gasteiger partial charge < -0.3 is 14.6 Å². The van der Waals surface area contributed by atoms with E-state index in [1.165, 1.54) is 0 Å². The van der Waals surface area contributed by atoms with Gasteiger partial charge in [0.25, 0.3) is 0 Å². The highest BCUT2D eigenvalue weighted by molar-refractivity contribution is 5.76. The largest absolute Gasteiger partial charge is 0.481 e. The maximum atomic E-state index is 13.4. The molecular formula is C26H39NO6. The van der Waals surface area contributed by atoms with Crippen molar-refractivity contribution in [1.82, 2.24) is 4.90 Å². The van der Waals surface area contributed by atoms with Crippen LogP contribution in [0.25, 0.3) is 0 Å². The van der Waals surface area contributed by atoms with Crippen molar-refractivity contribution in [3.8, 4) is 0 Å². The normalized spacial score (nSPS) is 20.5. The molecule has 0 saturated carbocycles. The third kappa shape index (κ3) is 7.47. The van der Waals surface area contributed by atoms with Gasteiger partial charge in [0, 0.05) is 6.54 Å². The lowest BCUT2D eigenvalue weighted by Crippen LogP contribution is -2.50. The highest BCUT2D eigenvalue weighted by Gasteiger charge is 2.45. The number of hydrogen-bond donors (Lipinski definition) is 1. The van der Waals surface area contributed by atoms with Gasteiger partial charge in [-0.15, -0.1) is 0 Å². The van der Waals surface area contributed by atoms with E-state index in [9.17, 15) is 19.5 Å². The number of cyclic esters (lactones) is 1. The number of rotatable bonds is 9. The lowest BCUT2D eigenvalue weighted by atomic mass is 9.84. The number of carbonyl (C=O) groups excluding carboxylic acids is 2. The summed E-state index contributed by atoms with van der Waals surface area (Å²) in [5.41, 5.74) is 0.155. The Bertz CT molecular complexity index is 814. The number of ether oxygens (including phenoxy) is 2. The van der Waals surface area contributed by atoms with E-state index < -0.39 is 35.7 Å². The Morgan fingerprint density at radius 1 is 1.15 bits per heavy atom. The molecule has 1 heterocycles. The highest BCUT2D eigenvalue weighted by atomic mass is 16.6. The summed E-state index contributed by atoms with van der Waals surface area (Å²) in [5.74, 6) is -2.26. The lowest BCUT2D eigenvalue weighted by molar-refractivity contribution is -0.148. The molecule has 2 rings (SSSR count). The van der Waals surface area contributed by atoms with E-state index in [0.717, 1.165) is 5.56 Å². The Balaban J connectivity index is 2.49. The maximum absolute atomic E-state index is 13.4. The molecule has 0 radical (unpaired) electrons. The second-order valence-electron chi connectivity index (χ2n) is 10.6. The molecule has 1 aliphatic rings. The number of hydrogen-bond acceptors (Lipinski definition) is 5. The predicted octanol–water partition coefficient (Wildman–Crippen LogP) is 5.13. The van der Waals surface area contributed by atoms with E-state index >= 15 is 0 Å². The molecule has 1 aliphatic heterocycles. The van der Waals surface area contributed by atoms with Gasteiger partial charge >= 0.3 is 18.0 Å². The van der Waals surface area contributed by atoms with Crippen LogP contribution < -0.4 is 0 Å². The van der Waals surface area contributed by atoms with Crippen molar-refractivity contribution in [2.75, 3.05) is 0 Å². The van der Waals surface area contributed by atoms with Crippen molar-refractivity contribution >= 4 is 18.0 Å². The van der Waals surface area contributed by atoms with Crippen molar-refractivity contribution < 1.29 is 29.0 Å². The summed E-state index contributed by atoms with van der Waals surface area (Å²) in [6, 6.07) is 8.85. The SMILES string of the molecule is CC(C)[C@H](C[C@@H]([C@H]1C[C@@H](C(C)C)C(=O)O1)N(Cc1ccccc1)C(=O)OC(C)(C)C)C(=O)O.